The summed E-state index contributed by atoms with van der Waals surface area (Å²) in [6.45, 7) is 2.24. The molecule has 0 saturated carbocycles. The number of hydrogen-bond donors (Lipinski definition) is 2. The summed E-state index contributed by atoms with van der Waals surface area (Å²) in [6.07, 6.45) is 0.392. The number of sulfonamides is 1. The monoisotopic (exact) mass is 577 g/mol. The van der Waals surface area contributed by atoms with Crippen LogP contribution in [0.25, 0.3) is 16.8 Å². The van der Waals surface area contributed by atoms with Gasteiger partial charge in [-0.1, -0.05) is 24.3 Å². The number of nitrogens with zero attached hydrogens (tertiary/aromatic N) is 2. The van der Waals surface area contributed by atoms with Gasteiger partial charge in [0, 0.05) is 13.1 Å². The molecule has 40 heavy (non-hydrogen) atoms. The zero-order chi connectivity index (χ0) is 28.8. The Hall–Kier alpha value is -3.94. The van der Waals surface area contributed by atoms with Crippen LogP contribution in [-0.4, -0.2) is 51.8 Å². The number of likely N-dealkylation sites (tertiary alicyclic amines) is 1. The van der Waals surface area contributed by atoms with Crippen LogP contribution in [0.4, 0.5) is 0 Å². The van der Waals surface area contributed by atoms with E-state index in [9.17, 15) is 13.2 Å². The highest BCUT2D eigenvalue weighted by Crippen LogP contribution is 2.37. The third kappa shape index (κ3) is 6.61. The number of ether oxygens (including phenoxy) is 2. The molecular weight excluding hydrogens is 546 g/mol. The molecule has 1 amide bonds. The van der Waals surface area contributed by atoms with E-state index in [1.54, 1.807) is 24.7 Å². The fourth-order valence-corrected chi connectivity index (χ4v) is 5.53. The smallest absolute Gasteiger partial charge is 0.244 e. The molecule has 10 heteroatoms. The zero-order valence-electron chi connectivity index (χ0n) is 22.3. The van der Waals surface area contributed by atoms with Crippen molar-refractivity contribution in [3.05, 3.63) is 89.3 Å². The summed E-state index contributed by atoms with van der Waals surface area (Å²) in [4.78, 5) is 15.5. The van der Waals surface area contributed by atoms with Gasteiger partial charge in [-0.25, -0.2) is 8.42 Å². The Kier molecular flexibility index (Phi) is 9.07. The molecule has 0 aliphatic carbocycles. The van der Waals surface area contributed by atoms with Crippen LogP contribution in [0.5, 0.6) is 11.5 Å². The summed E-state index contributed by atoms with van der Waals surface area (Å²) in [5, 5.41) is 10.7. The Balaban J connectivity index is 1.54. The molecule has 1 aliphatic heterocycles. The molecule has 0 aromatic heterocycles. The minimum Gasteiger partial charge on any atom is -0.497 e. The van der Waals surface area contributed by atoms with Crippen molar-refractivity contribution in [1.29, 1.82) is 5.26 Å². The van der Waals surface area contributed by atoms with E-state index < -0.39 is 21.3 Å². The Morgan fingerprint density at radius 1 is 1.05 bits per heavy atom. The molecule has 3 aromatic rings. The summed E-state index contributed by atoms with van der Waals surface area (Å²) in [7, 11) is -2.16. The number of carbonyl (C=O) groups excluding carboxylic acids is 1. The van der Waals surface area contributed by atoms with Crippen LogP contribution in [0, 0.1) is 16.7 Å². The van der Waals surface area contributed by atoms with E-state index in [1.165, 1.54) is 6.92 Å². The van der Waals surface area contributed by atoms with Crippen molar-refractivity contribution in [1.82, 2.24) is 9.62 Å². The maximum atomic E-state index is 13.5. The van der Waals surface area contributed by atoms with Crippen molar-refractivity contribution in [2.24, 2.45) is 5.41 Å². The van der Waals surface area contributed by atoms with Crippen LogP contribution in [0.15, 0.2) is 78.2 Å². The van der Waals surface area contributed by atoms with Gasteiger partial charge in [-0.15, -0.1) is 12.6 Å². The number of nitrogens with one attached hydrogen (secondary N) is 1. The van der Waals surface area contributed by atoms with Crippen LogP contribution < -0.4 is 14.2 Å². The van der Waals surface area contributed by atoms with Gasteiger partial charge in [-0.2, -0.15) is 5.26 Å². The van der Waals surface area contributed by atoms with Gasteiger partial charge >= 0.3 is 0 Å². The number of carbonyl (C=O) groups is 1. The van der Waals surface area contributed by atoms with E-state index in [0.29, 0.717) is 24.3 Å². The van der Waals surface area contributed by atoms with Crippen molar-refractivity contribution in [2.75, 3.05) is 32.6 Å². The van der Waals surface area contributed by atoms with Gasteiger partial charge in [0.1, 0.15) is 23.5 Å². The van der Waals surface area contributed by atoms with Gasteiger partial charge < -0.3 is 14.4 Å². The number of nitriles is 1. The highest BCUT2D eigenvalue weighted by atomic mass is 32.2. The Morgan fingerprint density at radius 3 is 2.20 bits per heavy atom. The third-order valence-corrected chi connectivity index (χ3v) is 8.53. The molecule has 4 rings (SSSR count). The maximum Gasteiger partial charge on any atom is 0.244 e. The SMILES string of the molecule is CCS(=O)(=O)NC(=O)C1(COc2ccc(-c3ccc(C#N)cc3)cc2)CCN(C(=CS)c2ccc(OC)cc2)C1. The molecule has 208 valence electrons. The number of thiol groups is 1. The molecule has 1 fully saturated rings. The van der Waals surface area contributed by atoms with Gasteiger partial charge in [-0.05, 0) is 84.0 Å². The molecule has 1 saturated heterocycles. The van der Waals surface area contributed by atoms with Crippen LogP contribution in [-0.2, 0) is 14.8 Å². The Labute approximate surface area is 240 Å². The molecule has 1 N–H and O–H groups in total. The van der Waals surface area contributed by atoms with Crippen LogP contribution >= 0.6 is 12.6 Å². The number of amides is 1. The van der Waals surface area contributed by atoms with Crippen LogP contribution in [0.1, 0.15) is 24.5 Å². The lowest BCUT2D eigenvalue weighted by Crippen LogP contribution is -2.48. The van der Waals surface area contributed by atoms with Crippen molar-refractivity contribution >= 4 is 34.3 Å². The minimum atomic E-state index is -3.76. The Morgan fingerprint density at radius 2 is 1.65 bits per heavy atom. The fraction of sp³-hybridized carbons (Fsp3) is 0.267. The summed E-state index contributed by atoms with van der Waals surface area (Å²) in [6, 6.07) is 24.3. The minimum absolute atomic E-state index is 0.00670. The van der Waals surface area contributed by atoms with E-state index in [-0.39, 0.29) is 18.9 Å². The largest absolute Gasteiger partial charge is 0.497 e. The highest BCUT2D eigenvalue weighted by molar-refractivity contribution is 7.90. The second-order valence-electron chi connectivity index (χ2n) is 9.53. The molecular formula is C30H31N3O5S2. The van der Waals surface area contributed by atoms with Crippen molar-refractivity contribution in [3.63, 3.8) is 0 Å². The Bertz CT molecular complexity index is 1510. The predicted octanol–water partition coefficient (Wildman–Crippen LogP) is 4.70. The first kappa shape index (κ1) is 29.1. The molecule has 3 aromatic carbocycles. The number of rotatable bonds is 10. The zero-order valence-corrected chi connectivity index (χ0v) is 24.0. The summed E-state index contributed by atoms with van der Waals surface area (Å²) in [5.41, 5.74) is 3.10. The molecule has 1 heterocycles. The van der Waals surface area contributed by atoms with Crippen molar-refractivity contribution < 1.29 is 22.7 Å². The van der Waals surface area contributed by atoms with E-state index in [1.807, 2.05) is 65.6 Å². The number of hydrogen-bond acceptors (Lipinski definition) is 8. The van der Waals surface area contributed by atoms with Gasteiger partial charge in [0.15, 0.2) is 0 Å². The van der Waals surface area contributed by atoms with Gasteiger partial charge in [-0.3, -0.25) is 9.52 Å². The summed E-state index contributed by atoms with van der Waals surface area (Å²) < 4.78 is 38.2. The summed E-state index contributed by atoms with van der Waals surface area (Å²) in [5.74, 6) is 0.491. The summed E-state index contributed by atoms with van der Waals surface area (Å²) >= 11 is 4.43. The van der Waals surface area contributed by atoms with E-state index in [0.717, 1.165) is 28.1 Å². The first-order valence-corrected chi connectivity index (χ1v) is 14.9. The normalized spacial score (nSPS) is 17.2. The lowest BCUT2D eigenvalue weighted by atomic mass is 9.87. The first-order chi connectivity index (χ1) is 19.2. The topological polar surface area (TPSA) is 109 Å². The molecule has 0 spiro atoms. The quantitative estimate of drug-likeness (QED) is 0.336. The van der Waals surface area contributed by atoms with Gasteiger partial charge in [0.2, 0.25) is 15.9 Å². The van der Waals surface area contributed by atoms with Gasteiger partial charge in [0.25, 0.3) is 0 Å². The van der Waals surface area contributed by atoms with E-state index in [4.69, 9.17) is 14.7 Å². The van der Waals surface area contributed by atoms with Crippen molar-refractivity contribution in [2.45, 2.75) is 13.3 Å². The average molecular weight is 578 g/mol. The van der Waals surface area contributed by atoms with Crippen molar-refractivity contribution in [3.8, 4) is 28.7 Å². The molecule has 1 unspecified atom stereocenters. The molecule has 8 nitrogen and oxygen atoms in total. The molecule has 1 aliphatic rings. The molecule has 0 bridgehead atoms. The number of methoxy groups -OCH3 is 1. The predicted molar refractivity (Wildman–Crippen MR) is 158 cm³/mol. The third-order valence-electron chi connectivity index (χ3n) is 7.03. The fourth-order valence-electron chi connectivity index (χ4n) is 4.57. The molecule has 1 atom stereocenters. The second-order valence-corrected chi connectivity index (χ2v) is 11.8. The van der Waals surface area contributed by atoms with E-state index in [2.05, 4.69) is 23.4 Å². The highest BCUT2D eigenvalue weighted by Gasteiger charge is 2.47. The average Bonchev–Trinajstić information content (AvgIpc) is 3.42. The first-order valence-electron chi connectivity index (χ1n) is 12.7. The van der Waals surface area contributed by atoms with Crippen LogP contribution in [0.3, 0.4) is 0 Å². The molecule has 0 radical (unpaired) electrons. The lowest BCUT2D eigenvalue weighted by molar-refractivity contribution is -0.130. The lowest BCUT2D eigenvalue weighted by Gasteiger charge is -2.29. The maximum absolute atomic E-state index is 13.5. The van der Waals surface area contributed by atoms with Gasteiger partial charge in [0.05, 0.1) is 30.2 Å². The van der Waals surface area contributed by atoms with E-state index >= 15 is 0 Å². The van der Waals surface area contributed by atoms with Crippen LogP contribution in [0.2, 0.25) is 0 Å². The standard InChI is InChI=1S/C30H31N3O5S2/c1-3-40(35,36)32-29(34)30(16-17-33(20-30)28(19-39)25-10-12-26(37-2)13-11-25)21-38-27-14-8-24(9-15-27)23-6-4-22(18-31)5-7-23/h4-15,19,39H,3,16-17,20-21H2,1-2H3,(H,32,34). The number of benzene rings is 3. The second kappa shape index (κ2) is 12.5.